The molecule has 158 valence electrons. The third-order valence-corrected chi connectivity index (χ3v) is 5.67. The summed E-state index contributed by atoms with van der Waals surface area (Å²) in [6.45, 7) is 6.81. The van der Waals surface area contributed by atoms with E-state index in [-0.39, 0.29) is 17.7 Å². The molecular formula is C18H24F3N7O. The van der Waals surface area contributed by atoms with E-state index in [0.717, 1.165) is 44.8 Å². The summed E-state index contributed by atoms with van der Waals surface area (Å²) in [6.07, 6.45) is -0.968. The molecular weight excluding hydrogens is 387 g/mol. The van der Waals surface area contributed by atoms with Crippen molar-refractivity contribution < 1.29 is 17.9 Å². The quantitative estimate of drug-likeness (QED) is 0.799. The molecule has 2 aromatic rings. The van der Waals surface area contributed by atoms with Crippen molar-refractivity contribution in [3.05, 3.63) is 23.1 Å². The Kier molecular flexibility index (Phi) is 5.11. The van der Waals surface area contributed by atoms with Crippen LogP contribution in [0.5, 0.6) is 0 Å². The van der Waals surface area contributed by atoms with Gasteiger partial charge in [0.2, 0.25) is 5.95 Å². The largest absolute Gasteiger partial charge is 0.421 e. The predicted octanol–water partition coefficient (Wildman–Crippen LogP) is 2.67. The van der Waals surface area contributed by atoms with Crippen LogP contribution in [0.2, 0.25) is 0 Å². The lowest BCUT2D eigenvalue weighted by molar-refractivity contribution is -0.137. The molecule has 0 unspecified atom stereocenters. The van der Waals surface area contributed by atoms with Crippen LogP contribution in [0.25, 0.3) is 0 Å². The minimum Gasteiger partial charge on any atom is -0.383 e. The molecule has 29 heavy (non-hydrogen) atoms. The first-order valence-corrected chi connectivity index (χ1v) is 9.58. The molecule has 0 bridgehead atoms. The van der Waals surface area contributed by atoms with Gasteiger partial charge in [-0.15, -0.1) is 0 Å². The highest BCUT2D eigenvalue weighted by Crippen LogP contribution is 2.35. The van der Waals surface area contributed by atoms with Gasteiger partial charge < -0.3 is 15.8 Å². The van der Waals surface area contributed by atoms with Gasteiger partial charge in [-0.2, -0.15) is 23.3 Å². The van der Waals surface area contributed by atoms with E-state index in [1.807, 2.05) is 11.6 Å². The van der Waals surface area contributed by atoms with Crippen LogP contribution in [0.3, 0.4) is 0 Å². The number of halogens is 3. The summed E-state index contributed by atoms with van der Waals surface area (Å²) in [5, 5.41) is 7.44. The number of nitrogens with one attached hydrogen (secondary N) is 1. The number of hydrogen-bond donors (Lipinski definition) is 2. The Morgan fingerprint density at radius 2 is 1.83 bits per heavy atom. The standard InChI is InChI=1S/C18H24F3N7O/c1-10-15(18(19,20)21)16(22)26-17(24-10)25-14-7-23-28(11(14)2)12-3-5-27(6-4-12)13-8-29-9-13/h7,12-13H,3-6,8-9H2,1-2H3,(H3,22,24,25,26). The molecule has 2 aliphatic rings. The third-order valence-electron chi connectivity index (χ3n) is 5.67. The predicted molar refractivity (Wildman–Crippen MR) is 101 cm³/mol. The molecule has 2 fully saturated rings. The number of aryl methyl sites for hydroxylation is 1. The molecule has 11 heteroatoms. The average molecular weight is 411 g/mol. The average Bonchev–Trinajstić information content (AvgIpc) is 2.93. The minimum atomic E-state index is -4.59. The molecule has 0 atom stereocenters. The summed E-state index contributed by atoms with van der Waals surface area (Å²) in [5.41, 5.74) is 5.85. The van der Waals surface area contributed by atoms with Crippen LogP contribution < -0.4 is 11.1 Å². The van der Waals surface area contributed by atoms with Crippen LogP contribution in [0, 0.1) is 13.8 Å². The van der Waals surface area contributed by atoms with E-state index < -0.39 is 17.6 Å². The summed E-state index contributed by atoms with van der Waals surface area (Å²) < 4.78 is 46.4. The maximum atomic E-state index is 13.0. The molecule has 0 spiro atoms. The Balaban J connectivity index is 1.47. The number of nitrogen functional groups attached to an aromatic ring is 1. The van der Waals surface area contributed by atoms with E-state index in [4.69, 9.17) is 10.5 Å². The van der Waals surface area contributed by atoms with Gasteiger partial charge in [0.15, 0.2) is 0 Å². The maximum Gasteiger partial charge on any atom is 0.421 e. The smallest absolute Gasteiger partial charge is 0.383 e. The summed E-state index contributed by atoms with van der Waals surface area (Å²) in [7, 11) is 0. The van der Waals surface area contributed by atoms with Crippen LogP contribution in [-0.4, -0.2) is 57.0 Å². The zero-order chi connectivity index (χ0) is 20.8. The maximum absolute atomic E-state index is 13.0. The monoisotopic (exact) mass is 411 g/mol. The van der Waals surface area contributed by atoms with Gasteiger partial charge in [-0.3, -0.25) is 9.58 Å². The second-order valence-electron chi connectivity index (χ2n) is 7.56. The first kappa shape index (κ1) is 19.9. The SMILES string of the molecule is Cc1nc(Nc2cnn(C3CCN(C4COC4)CC3)c2C)nc(N)c1C(F)(F)F. The number of piperidine rings is 1. The van der Waals surface area contributed by atoms with Crippen molar-refractivity contribution in [2.75, 3.05) is 37.4 Å². The molecule has 4 heterocycles. The molecule has 0 aliphatic carbocycles. The number of nitrogens with two attached hydrogens (primary N) is 1. The molecule has 4 rings (SSSR count). The zero-order valence-corrected chi connectivity index (χ0v) is 16.3. The van der Waals surface area contributed by atoms with Gasteiger partial charge in [0.05, 0.1) is 48.6 Å². The Morgan fingerprint density at radius 1 is 1.14 bits per heavy atom. The number of rotatable bonds is 4. The number of ether oxygens (including phenoxy) is 1. The lowest BCUT2D eigenvalue weighted by Gasteiger charge is -2.41. The number of nitrogens with zero attached hydrogens (tertiary/aromatic N) is 5. The fourth-order valence-corrected chi connectivity index (χ4v) is 3.97. The van der Waals surface area contributed by atoms with E-state index in [2.05, 4.69) is 25.3 Å². The van der Waals surface area contributed by atoms with Gasteiger partial charge in [0.25, 0.3) is 0 Å². The van der Waals surface area contributed by atoms with Gasteiger partial charge in [0.1, 0.15) is 11.4 Å². The van der Waals surface area contributed by atoms with Crippen molar-refractivity contribution in [3.63, 3.8) is 0 Å². The highest BCUT2D eigenvalue weighted by Gasteiger charge is 2.37. The molecule has 2 saturated heterocycles. The summed E-state index contributed by atoms with van der Waals surface area (Å²) in [4.78, 5) is 10.2. The van der Waals surface area contributed by atoms with Crippen molar-refractivity contribution in [2.45, 2.75) is 44.9 Å². The normalized spacial score (nSPS) is 19.3. The molecule has 0 amide bonds. The Hall–Kier alpha value is -2.40. The molecule has 0 saturated carbocycles. The number of hydrogen-bond acceptors (Lipinski definition) is 7. The van der Waals surface area contributed by atoms with Gasteiger partial charge in [-0.1, -0.05) is 0 Å². The lowest BCUT2D eigenvalue weighted by Crippen LogP contribution is -2.52. The zero-order valence-electron chi connectivity index (χ0n) is 16.3. The van der Waals surface area contributed by atoms with Gasteiger partial charge in [-0.05, 0) is 26.7 Å². The number of likely N-dealkylation sites (tertiary alicyclic amines) is 1. The van der Waals surface area contributed by atoms with Crippen molar-refractivity contribution in [1.29, 1.82) is 0 Å². The van der Waals surface area contributed by atoms with Crippen LogP contribution in [0.1, 0.15) is 35.8 Å². The molecule has 3 N–H and O–H groups in total. The second-order valence-corrected chi connectivity index (χ2v) is 7.56. The molecule has 2 aliphatic heterocycles. The van der Waals surface area contributed by atoms with Crippen LogP contribution in [0.4, 0.5) is 30.6 Å². The van der Waals surface area contributed by atoms with E-state index in [0.29, 0.717) is 11.7 Å². The number of anilines is 3. The topological polar surface area (TPSA) is 94.1 Å². The fourth-order valence-electron chi connectivity index (χ4n) is 3.97. The first-order chi connectivity index (χ1) is 13.7. The van der Waals surface area contributed by atoms with Crippen molar-refractivity contribution in [2.24, 2.45) is 0 Å². The Morgan fingerprint density at radius 3 is 2.38 bits per heavy atom. The molecule has 2 aromatic heterocycles. The minimum absolute atomic E-state index is 0.0236. The van der Waals surface area contributed by atoms with E-state index >= 15 is 0 Å². The van der Waals surface area contributed by atoms with Crippen molar-refractivity contribution in [1.82, 2.24) is 24.6 Å². The van der Waals surface area contributed by atoms with Gasteiger partial charge >= 0.3 is 6.18 Å². The van der Waals surface area contributed by atoms with Gasteiger partial charge in [-0.25, -0.2) is 4.98 Å². The van der Waals surface area contributed by atoms with Gasteiger partial charge in [0, 0.05) is 13.1 Å². The molecule has 0 radical (unpaired) electrons. The summed E-state index contributed by atoms with van der Waals surface area (Å²) in [5.74, 6) is -0.569. The van der Waals surface area contributed by atoms with E-state index in [9.17, 15) is 13.2 Å². The first-order valence-electron chi connectivity index (χ1n) is 9.58. The van der Waals surface area contributed by atoms with Crippen LogP contribution in [-0.2, 0) is 10.9 Å². The van der Waals surface area contributed by atoms with Crippen LogP contribution >= 0.6 is 0 Å². The highest BCUT2D eigenvalue weighted by atomic mass is 19.4. The van der Waals surface area contributed by atoms with E-state index in [1.54, 1.807) is 6.20 Å². The van der Waals surface area contributed by atoms with Crippen LogP contribution in [0.15, 0.2) is 6.20 Å². The second kappa shape index (κ2) is 7.45. The van der Waals surface area contributed by atoms with E-state index in [1.165, 1.54) is 6.92 Å². The van der Waals surface area contributed by atoms with Crippen molar-refractivity contribution in [3.8, 4) is 0 Å². The summed E-state index contributed by atoms with van der Waals surface area (Å²) >= 11 is 0. The lowest BCUT2D eigenvalue weighted by atomic mass is 10.0. The summed E-state index contributed by atoms with van der Waals surface area (Å²) in [6, 6.07) is 0.820. The highest BCUT2D eigenvalue weighted by molar-refractivity contribution is 5.58. The van der Waals surface area contributed by atoms with Crippen molar-refractivity contribution >= 4 is 17.5 Å². The fraction of sp³-hybridized carbons (Fsp3) is 0.611. The molecule has 0 aromatic carbocycles. The Labute approximate surface area is 166 Å². The molecule has 8 nitrogen and oxygen atoms in total. The Bertz CT molecular complexity index is 863. The number of aromatic nitrogens is 4. The number of alkyl halides is 3. The third kappa shape index (κ3) is 3.88.